The van der Waals surface area contributed by atoms with Gasteiger partial charge in [-0.05, 0) is 38.1 Å². The van der Waals surface area contributed by atoms with Crippen LogP contribution < -0.4 is 5.32 Å². The summed E-state index contributed by atoms with van der Waals surface area (Å²) < 4.78 is 5.71. The third kappa shape index (κ3) is 4.57. The summed E-state index contributed by atoms with van der Waals surface area (Å²) in [5, 5.41) is 3.72. The van der Waals surface area contributed by atoms with Crippen LogP contribution in [0, 0.1) is 5.92 Å². The number of likely N-dealkylation sites (tertiary alicyclic amines) is 1. The topological polar surface area (TPSA) is 24.5 Å². The summed E-state index contributed by atoms with van der Waals surface area (Å²) in [5.74, 6) is 0.758. The van der Waals surface area contributed by atoms with Crippen LogP contribution in [0.3, 0.4) is 0 Å². The van der Waals surface area contributed by atoms with Gasteiger partial charge in [0.25, 0.3) is 0 Å². The molecule has 0 saturated carbocycles. The highest BCUT2D eigenvalue weighted by atomic mass is 16.5. The summed E-state index contributed by atoms with van der Waals surface area (Å²) in [6.45, 7) is 9.93. The van der Waals surface area contributed by atoms with E-state index < -0.39 is 0 Å². The van der Waals surface area contributed by atoms with E-state index in [1.165, 1.54) is 38.8 Å². The molecule has 2 rings (SSSR count). The highest BCUT2D eigenvalue weighted by Crippen LogP contribution is 2.19. The highest BCUT2D eigenvalue weighted by Gasteiger charge is 2.28. The Kier molecular flexibility index (Phi) is 5.26. The molecule has 0 spiro atoms. The van der Waals surface area contributed by atoms with Gasteiger partial charge in [0.1, 0.15) is 0 Å². The molecule has 2 atom stereocenters. The van der Waals surface area contributed by atoms with E-state index in [2.05, 4.69) is 24.1 Å². The number of nitrogens with one attached hydrogen (secondary N) is 1. The first-order valence-corrected chi connectivity index (χ1v) is 7.30. The Labute approximate surface area is 106 Å². The molecule has 2 saturated heterocycles. The van der Waals surface area contributed by atoms with E-state index in [0.29, 0.717) is 0 Å². The lowest BCUT2D eigenvalue weighted by Gasteiger charge is -2.23. The van der Waals surface area contributed by atoms with Crippen molar-refractivity contribution < 1.29 is 4.74 Å². The summed E-state index contributed by atoms with van der Waals surface area (Å²) in [6, 6.07) is 1.55. The second-order valence-electron chi connectivity index (χ2n) is 6.02. The van der Waals surface area contributed by atoms with Gasteiger partial charge in [-0.3, -0.25) is 4.90 Å². The number of nitrogens with zero attached hydrogens (tertiary/aromatic N) is 1. The van der Waals surface area contributed by atoms with E-state index >= 15 is 0 Å². The van der Waals surface area contributed by atoms with Crippen LogP contribution in [0.5, 0.6) is 0 Å². The third-order valence-electron chi connectivity index (χ3n) is 4.00. The molecule has 1 N–H and O–H groups in total. The molecule has 17 heavy (non-hydrogen) atoms. The molecular weight excluding hydrogens is 212 g/mol. The van der Waals surface area contributed by atoms with Crippen LogP contribution >= 0.6 is 0 Å². The monoisotopic (exact) mass is 240 g/mol. The number of hydrogen-bond acceptors (Lipinski definition) is 3. The quantitative estimate of drug-likeness (QED) is 0.717. The summed E-state index contributed by atoms with van der Waals surface area (Å²) >= 11 is 0. The van der Waals surface area contributed by atoms with E-state index in [0.717, 1.165) is 37.8 Å². The lowest BCUT2D eigenvalue weighted by molar-refractivity contribution is 0.0945. The second-order valence-corrected chi connectivity index (χ2v) is 6.02. The lowest BCUT2D eigenvalue weighted by atomic mass is 10.1. The first kappa shape index (κ1) is 13.3. The molecule has 3 nitrogen and oxygen atoms in total. The Morgan fingerprint density at radius 3 is 2.82 bits per heavy atom. The largest absolute Gasteiger partial charge is 0.380 e. The van der Waals surface area contributed by atoms with E-state index in [1.807, 2.05) is 0 Å². The Bertz CT molecular complexity index is 220. The summed E-state index contributed by atoms with van der Waals surface area (Å²) in [5.41, 5.74) is 0. The molecule has 2 aliphatic heterocycles. The number of hydrogen-bond donors (Lipinski definition) is 1. The zero-order valence-electron chi connectivity index (χ0n) is 11.5. The predicted molar refractivity (Wildman–Crippen MR) is 71.3 cm³/mol. The average Bonchev–Trinajstić information content (AvgIpc) is 2.60. The van der Waals surface area contributed by atoms with Crippen LogP contribution in [0.15, 0.2) is 0 Å². The van der Waals surface area contributed by atoms with Crippen molar-refractivity contribution in [1.82, 2.24) is 10.2 Å². The van der Waals surface area contributed by atoms with Crippen LogP contribution in [0.1, 0.15) is 39.5 Å². The Balaban J connectivity index is 1.56. The van der Waals surface area contributed by atoms with Crippen LogP contribution in [-0.4, -0.2) is 49.8 Å². The van der Waals surface area contributed by atoms with Crippen molar-refractivity contribution in [2.24, 2.45) is 5.92 Å². The average molecular weight is 240 g/mol. The fraction of sp³-hybridized carbons (Fsp3) is 1.00. The normalized spacial score (nSPS) is 29.8. The Hall–Kier alpha value is -0.120. The first-order valence-electron chi connectivity index (χ1n) is 7.30. The van der Waals surface area contributed by atoms with Crippen LogP contribution in [-0.2, 0) is 4.74 Å². The maximum absolute atomic E-state index is 5.71. The van der Waals surface area contributed by atoms with Crippen molar-refractivity contribution in [2.75, 3.05) is 32.8 Å². The minimum atomic E-state index is 0.748. The van der Waals surface area contributed by atoms with E-state index in [4.69, 9.17) is 4.74 Å². The fourth-order valence-electron chi connectivity index (χ4n) is 2.83. The van der Waals surface area contributed by atoms with Crippen molar-refractivity contribution in [2.45, 2.75) is 51.6 Å². The number of rotatable bonds is 6. The smallest absolute Gasteiger partial charge is 0.0593 e. The summed E-state index contributed by atoms with van der Waals surface area (Å²) in [7, 11) is 0. The Morgan fingerprint density at radius 2 is 2.00 bits per heavy atom. The minimum absolute atomic E-state index is 0.748. The van der Waals surface area contributed by atoms with Gasteiger partial charge in [0.2, 0.25) is 0 Å². The molecule has 0 amide bonds. The SMILES string of the molecule is CC(C)CCOCCN1CCC2CCC(C1)N2. The maximum atomic E-state index is 5.71. The molecule has 2 heterocycles. The molecule has 100 valence electrons. The molecular formula is C14H28N2O. The van der Waals surface area contributed by atoms with Gasteiger partial charge in [0.15, 0.2) is 0 Å². The van der Waals surface area contributed by atoms with Crippen molar-refractivity contribution >= 4 is 0 Å². The summed E-state index contributed by atoms with van der Waals surface area (Å²) in [6.07, 6.45) is 5.27. The minimum Gasteiger partial charge on any atom is -0.380 e. The van der Waals surface area contributed by atoms with E-state index in [-0.39, 0.29) is 0 Å². The molecule has 0 aromatic rings. The van der Waals surface area contributed by atoms with Gasteiger partial charge in [0.05, 0.1) is 6.61 Å². The fourth-order valence-corrected chi connectivity index (χ4v) is 2.83. The van der Waals surface area contributed by atoms with Gasteiger partial charge in [0, 0.05) is 31.8 Å². The van der Waals surface area contributed by atoms with Crippen molar-refractivity contribution in [1.29, 1.82) is 0 Å². The number of ether oxygens (including phenoxy) is 1. The van der Waals surface area contributed by atoms with Gasteiger partial charge in [-0.15, -0.1) is 0 Å². The first-order chi connectivity index (χ1) is 8.24. The number of fused-ring (bicyclic) bond motifs is 2. The standard InChI is InChI=1S/C14H28N2O/c1-12(2)6-9-17-10-8-16-7-5-13-3-4-14(11-16)15-13/h12-15H,3-11H2,1-2H3. The van der Waals surface area contributed by atoms with E-state index in [1.54, 1.807) is 0 Å². The second kappa shape index (κ2) is 6.72. The van der Waals surface area contributed by atoms with Gasteiger partial charge < -0.3 is 10.1 Å². The molecule has 2 aliphatic rings. The molecule has 2 bridgehead atoms. The van der Waals surface area contributed by atoms with Crippen LogP contribution in [0.4, 0.5) is 0 Å². The molecule has 0 aromatic carbocycles. The summed E-state index contributed by atoms with van der Waals surface area (Å²) in [4.78, 5) is 2.58. The Morgan fingerprint density at radius 1 is 1.18 bits per heavy atom. The highest BCUT2D eigenvalue weighted by molar-refractivity contribution is 4.89. The van der Waals surface area contributed by atoms with E-state index in [9.17, 15) is 0 Å². The molecule has 0 radical (unpaired) electrons. The zero-order chi connectivity index (χ0) is 12.1. The lowest BCUT2D eigenvalue weighted by Crippen LogP contribution is -2.37. The van der Waals surface area contributed by atoms with Crippen LogP contribution in [0.25, 0.3) is 0 Å². The molecule has 0 aliphatic carbocycles. The van der Waals surface area contributed by atoms with Crippen LogP contribution in [0.2, 0.25) is 0 Å². The van der Waals surface area contributed by atoms with Gasteiger partial charge >= 0.3 is 0 Å². The predicted octanol–water partition coefficient (Wildman–Crippen LogP) is 1.88. The van der Waals surface area contributed by atoms with Gasteiger partial charge in [-0.1, -0.05) is 13.8 Å². The van der Waals surface area contributed by atoms with Gasteiger partial charge in [-0.25, -0.2) is 0 Å². The third-order valence-corrected chi connectivity index (χ3v) is 4.00. The molecule has 2 fully saturated rings. The molecule has 2 unspecified atom stereocenters. The maximum Gasteiger partial charge on any atom is 0.0593 e. The molecule has 0 aromatic heterocycles. The van der Waals surface area contributed by atoms with Crippen molar-refractivity contribution in [3.63, 3.8) is 0 Å². The van der Waals surface area contributed by atoms with Crippen molar-refractivity contribution in [3.05, 3.63) is 0 Å². The molecule has 3 heteroatoms. The van der Waals surface area contributed by atoms with Gasteiger partial charge in [-0.2, -0.15) is 0 Å². The zero-order valence-corrected chi connectivity index (χ0v) is 11.5. The van der Waals surface area contributed by atoms with Crippen molar-refractivity contribution in [3.8, 4) is 0 Å².